The molecule has 13 heavy (non-hydrogen) atoms. The molecule has 4 N–H and O–H groups in total. The molecule has 3 heteroatoms. The minimum Gasteiger partial charge on any atom is -0.370 e. The molecule has 0 bridgehead atoms. The Hall–Kier alpha value is -1.25. The first-order chi connectivity index (χ1) is 6.02. The fourth-order valence-corrected chi connectivity index (χ4v) is 1.14. The van der Waals surface area contributed by atoms with Gasteiger partial charge in [-0.25, -0.2) is 4.99 Å². The van der Waals surface area contributed by atoms with Gasteiger partial charge < -0.3 is 11.5 Å². The summed E-state index contributed by atoms with van der Waals surface area (Å²) in [4.78, 5) is 4.10. The van der Waals surface area contributed by atoms with Crippen LogP contribution in [0.25, 0.3) is 0 Å². The quantitative estimate of drug-likeness (QED) is 0.394. The van der Waals surface area contributed by atoms with Gasteiger partial charge in [0.2, 0.25) is 0 Å². The zero-order chi connectivity index (χ0) is 10.4. The summed E-state index contributed by atoms with van der Waals surface area (Å²) in [5.41, 5.74) is 12.7. The van der Waals surface area contributed by atoms with Gasteiger partial charge in [0.15, 0.2) is 5.96 Å². The Balaban J connectivity index is 5.09. The van der Waals surface area contributed by atoms with Crippen molar-refractivity contribution in [1.29, 1.82) is 0 Å². The van der Waals surface area contributed by atoms with Crippen molar-refractivity contribution < 1.29 is 0 Å². The van der Waals surface area contributed by atoms with Crippen molar-refractivity contribution >= 4 is 5.96 Å². The van der Waals surface area contributed by atoms with E-state index in [1.807, 2.05) is 6.08 Å². The van der Waals surface area contributed by atoms with Gasteiger partial charge in [0.25, 0.3) is 0 Å². The molecule has 3 nitrogen and oxygen atoms in total. The van der Waals surface area contributed by atoms with Gasteiger partial charge in [-0.3, -0.25) is 0 Å². The monoisotopic (exact) mass is 181 g/mol. The smallest absolute Gasteiger partial charge is 0.190 e. The first-order valence-corrected chi connectivity index (χ1v) is 4.48. The lowest BCUT2D eigenvalue weighted by atomic mass is 10.0. The fraction of sp³-hybridized carbons (Fsp3) is 0.500. The van der Waals surface area contributed by atoms with E-state index in [9.17, 15) is 0 Å². The van der Waals surface area contributed by atoms with Crippen molar-refractivity contribution in [2.75, 3.05) is 0 Å². The Morgan fingerprint density at radius 3 is 2.23 bits per heavy atom. The second-order valence-electron chi connectivity index (χ2n) is 3.16. The SMILES string of the molecule is C=C/C(CC)=C(\N=C(N)N)C(C)C. The molecular formula is C10H19N3. The van der Waals surface area contributed by atoms with Crippen LogP contribution < -0.4 is 11.5 Å². The predicted molar refractivity (Wildman–Crippen MR) is 58.2 cm³/mol. The number of nitrogens with two attached hydrogens (primary N) is 2. The highest BCUT2D eigenvalue weighted by Crippen LogP contribution is 2.19. The van der Waals surface area contributed by atoms with Crippen LogP contribution in [0.1, 0.15) is 27.2 Å². The van der Waals surface area contributed by atoms with Crippen molar-refractivity contribution in [2.45, 2.75) is 27.2 Å². The lowest BCUT2D eigenvalue weighted by Gasteiger charge is -2.10. The zero-order valence-corrected chi connectivity index (χ0v) is 8.67. The van der Waals surface area contributed by atoms with Gasteiger partial charge >= 0.3 is 0 Å². The summed E-state index contributed by atoms with van der Waals surface area (Å²) < 4.78 is 0. The molecule has 0 saturated carbocycles. The summed E-state index contributed by atoms with van der Waals surface area (Å²) in [6.07, 6.45) is 2.70. The van der Waals surface area contributed by atoms with Crippen LogP contribution in [0.15, 0.2) is 28.9 Å². The molecule has 0 aromatic heterocycles. The van der Waals surface area contributed by atoms with E-state index in [1.165, 1.54) is 0 Å². The molecule has 0 fully saturated rings. The van der Waals surface area contributed by atoms with E-state index in [2.05, 4.69) is 32.3 Å². The molecule has 0 aromatic rings. The summed E-state index contributed by atoms with van der Waals surface area (Å²) in [6, 6.07) is 0. The van der Waals surface area contributed by atoms with Crippen LogP contribution >= 0.6 is 0 Å². The van der Waals surface area contributed by atoms with Crippen LogP contribution in [0.5, 0.6) is 0 Å². The lowest BCUT2D eigenvalue weighted by Crippen LogP contribution is -2.23. The second-order valence-corrected chi connectivity index (χ2v) is 3.16. The third-order valence-electron chi connectivity index (χ3n) is 1.75. The molecule has 0 aliphatic heterocycles. The second kappa shape index (κ2) is 5.41. The Labute approximate surface area is 80.2 Å². The Bertz CT molecular complexity index is 233. The Morgan fingerprint density at radius 1 is 1.46 bits per heavy atom. The molecule has 0 spiro atoms. The molecule has 0 aromatic carbocycles. The topological polar surface area (TPSA) is 64.4 Å². The average molecular weight is 181 g/mol. The van der Waals surface area contributed by atoms with E-state index >= 15 is 0 Å². The normalized spacial score (nSPS) is 12.3. The molecular weight excluding hydrogens is 162 g/mol. The summed E-state index contributed by atoms with van der Waals surface area (Å²) in [7, 11) is 0. The van der Waals surface area contributed by atoms with E-state index in [-0.39, 0.29) is 5.96 Å². The van der Waals surface area contributed by atoms with Crippen LogP contribution in [0.3, 0.4) is 0 Å². The lowest BCUT2D eigenvalue weighted by molar-refractivity contribution is 0.741. The van der Waals surface area contributed by atoms with Gasteiger partial charge in [-0.2, -0.15) is 0 Å². The number of allylic oxidation sites excluding steroid dienone is 3. The molecule has 0 amide bonds. The molecule has 0 atom stereocenters. The van der Waals surface area contributed by atoms with Gasteiger partial charge in [-0.05, 0) is 17.9 Å². The van der Waals surface area contributed by atoms with Crippen LogP contribution in [-0.4, -0.2) is 5.96 Å². The first-order valence-electron chi connectivity index (χ1n) is 4.48. The average Bonchev–Trinajstić information content (AvgIpc) is 2.04. The summed E-state index contributed by atoms with van der Waals surface area (Å²) in [5, 5.41) is 0. The van der Waals surface area contributed by atoms with Gasteiger partial charge in [0, 0.05) is 0 Å². The largest absolute Gasteiger partial charge is 0.370 e. The van der Waals surface area contributed by atoms with Crippen molar-refractivity contribution in [3.63, 3.8) is 0 Å². The van der Waals surface area contributed by atoms with Gasteiger partial charge in [-0.15, -0.1) is 0 Å². The third-order valence-corrected chi connectivity index (χ3v) is 1.75. The van der Waals surface area contributed by atoms with Gasteiger partial charge in [-0.1, -0.05) is 33.4 Å². The van der Waals surface area contributed by atoms with Gasteiger partial charge in [0.1, 0.15) is 0 Å². The van der Waals surface area contributed by atoms with Crippen molar-refractivity contribution in [3.8, 4) is 0 Å². The van der Waals surface area contributed by atoms with Crippen molar-refractivity contribution in [1.82, 2.24) is 0 Å². The molecule has 0 aliphatic rings. The first kappa shape index (κ1) is 11.8. The summed E-state index contributed by atoms with van der Waals surface area (Å²) in [5.74, 6) is 0.423. The number of hydrogen-bond acceptors (Lipinski definition) is 1. The highest BCUT2D eigenvalue weighted by Gasteiger charge is 2.06. The molecule has 0 rings (SSSR count). The fourth-order valence-electron chi connectivity index (χ4n) is 1.14. The predicted octanol–water partition coefficient (Wildman–Crippen LogP) is 1.77. The van der Waals surface area contributed by atoms with E-state index < -0.39 is 0 Å². The maximum absolute atomic E-state index is 5.34. The number of nitrogens with zero attached hydrogens (tertiary/aromatic N) is 1. The molecule has 0 aliphatic carbocycles. The molecule has 0 heterocycles. The summed E-state index contributed by atoms with van der Waals surface area (Å²) in [6.45, 7) is 9.90. The Kier molecular flexibility index (Phi) is 4.89. The van der Waals surface area contributed by atoms with Crippen LogP contribution in [-0.2, 0) is 0 Å². The number of rotatable bonds is 4. The highest BCUT2D eigenvalue weighted by molar-refractivity contribution is 5.77. The third kappa shape index (κ3) is 3.78. The van der Waals surface area contributed by atoms with Crippen molar-refractivity contribution in [2.24, 2.45) is 22.4 Å². The van der Waals surface area contributed by atoms with Crippen LogP contribution in [0.2, 0.25) is 0 Å². The van der Waals surface area contributed by atoms with Crippen molar-refractivity contribution in [3.05, 3.63) is 23.9 Å². The Morgan fingerprint density at radius 2 is 2.00 bits per heavy atom. The maximum atomic E-state index is 5.34. The van der Waals surface area contributed by atoms with E-state index in [0.717, 1.165) is 17.7 Å². The van der Waals surface area contributed by atoms with Crippen LogP contribution in [0.4, 0.5) is 0 Å². The summed E-state index contributed by atoms with van der Waals surface area (Å²) >= 11 is 0. The zero-order valence-electron chi connectivity index (χ0n) is 8.67. The standard InChI is InChI=1S/C10H19N3/c1-5-8(6-2)9(7(3)4)13-10(11)12/h5,7H,1,6H2,2-4H3,(H4,11,12,13)/b9-8+. The highest BCUT2D eigenvalue weighted by atomic mass is 15.0. The van der Waals surface area contributed by atoms with E-state index in [0.29, 0.717) is 5.92 Å². The van der Waals surface area contributed by atoms with E-state index in [4.69, 9.17) is 11.5 Å². The maximum Gasteiger partial charge on any atom is 0.190 e. The number of hydrogen-bond donors (Lipinski definition) is 2. The molecule has 0 unspecified atom stereocenters. The van der Waals surface area contributed by atoms with Gasteiger partial charge in [0.05, 0.1) is 5.70 Å². The number of guanidine groups is 1. The minimum atomic E-state index is 0.108. The number of aliphatic imine (C=N–C) groups is 1. The van der Waals surface area contributed by atoms with Crippen LogP contribution in [0, 0.1) is 5.92 Å². The van der Waals surface area contributed by atoms with E-state index in [1.54, 1.807) is 0 Å². The minimum absolute atomic E-state index is 0.108. The molecule has 74 valence electrons. The molecule has 0 radical (unpaired) electrons. The molecule has 0 saturated heterocycles.